The van der Waals surface area contributed by atoms with Crippen LogP contribution in [0.3, 0.4) is 0 Å². The molecule has 0 heterocycles. The third kappa shape index (κ3) is 3.36. The molecule has 0 radical (unpaired) electrons. The summed E-state index contributed by atoms with van der Waals surface area (Å²) in [4.78, 5) is 0. The molecule has 11 heavy (non-hydrogen) atoms. The van der Waals surface area contributed by atoms with Crippen molar-refractivity contribution in [3.63, 3.8) is 0 Å². The Bertz CT molecular complexity index is 84.1. The second-order valence-corrected chi connectivity index (χ2v) is 6.46. The Hall–Kier alpha value is 0.137. The van der Waals surface area contributed by atoms with Crippen LogP contribution in [0.1, 0.15) is 26.7 Å². The van der Waals surface area contributed by atoms with Gasteiger partial charge in [-0.25, -0.2) is 0 Å². The second kappa shape index (κ2) is 5.74. The molecule has 0 aromatic heterocycles. The molecule has 0 bridgehead atoms. The van der Waals surface area contributed by atoms with Gasteiger partial charge in [-0.05, 0) is 12.1 Å². The van der Waals surface area contributed by atoms with Gasteiger partial charge in [0.25, 0.3) is 0 Å². The highest BCUT2D eigenvalue weighted by atomic mass is 28.4. The van der Waals surface area contributed by atoms with Crippen molar-refractivity contribution in [1.82, 2.24) is 0 Å². The molecule has 0 aromatic carbocycles. The molecule has 0 aliphatic heterocycles. The van der Waals surface area contributed by atoms with Crippen LogP contribution in [-0.4, -0.2) is 22.8 Å². The maximum Gasteiger partial charge on any atom is 0.337 e. The highest BCUT2D eigenvalue weighted by molar-refractivity contribution is 6.67. The van der Waals surface area contributed by atoms with Crippen LogP contribution in [0.25, 0.3) is 0 Å². The first-order valence-corrected chi connectivity index (χ1v) is 6.58. The van der Waals surface area contributed by atoms with Crippen LogP contribution in [0.15, 0.2) is 0 Å². The third-order valence-corrected chi connectivity index (χ3v) is 6.02. The Morgan fingerprint density at radius 2 is 1.27 bits per heavy atom. The molecular formula is C8H20O2Si. The van der Waals surface area contributed by atoms with Gasteiger partial charge in [-0.15, -0.1) is 0 Å². The summed E-state index contributed by atoms with van der Waals surface area (Å²) in [5.74, 6) is 0. The summed E-state index contributed by atoms with van der Waals surface area (Å²) >= 11 is 0. The van der Waals surface area contributed by atoms with Gasteiger partial charge in [-0.2, -0.15) is 0 Å². The van der Waals surface area contributed by atoms with Gasteiger partial charge in [0.1, 0.15) is 0 Å². The van der Waals surface area contributed by atoms with E-state index in [9.17, 15) is 0 Å². The van der Waals surface area contributed by atoms with Crippen molar-refractivity contribution in [2.45, 2.75) is 38.8 Å². The quantitative estimate of drug-likeness (QED) is 0.579. The standard InChI is InChI=1S/C8H20O2Si/c1-5-7-11(9-3,10-4)8-6-2/h5-8H2,1-4H3. The van der Waals surface area contributed by atoms with E-state index >= 15 is 0 Å². The minimum absolute atomic E-state index is 1.12. The zero-order valence-corrected chi connectivity index (χ0v) is 9.14. The monoisotopic (exact) mass is 176 g/mol. The average Bonchev–Trinajstić information content (AvgIpc) is 2.04. The summed E-state index contributed by atoms with van der Waals surface area (Å²) < 4.78 is 11.0. The first kappa shape index (κ1) is 11.1. The molecule has 0 aliphatic carbocycles. The first-order chi connectivity index (χ1) is 5.24. The Balaban J connectivity index is 3.96. The summed E-state index contributed by atoms with van der Waals surface area (Å²) in [6.45, 7) is 4.35. The van der Waals surface area contributed by atoms with E-state index in [2.05, 4.69) is 13.8 Å². The second-order valence-electron chi connectivity index (χ2n) is 2.82. The van der Waals surface area contributed by atoms with Crippen molar-refractivity contribution >= 4 is 8.56 Å². The Kier molecular flexibility index (Phi) is 5.82. The Morgan fingerprint density at radius 1 is 0.909 bits per heavy atom. The van der Waals surface area contributed by atoms with Crippen molar-refractivity contribution in [1.29, 1.82) is 0 Å². The SMILES string of the molecule is CCC[Si](CCC)(OC)OC. The number of rotatable bonds is 6. The van der Waals surface area contributed by atoms with Crippen LogP contribution in [0, 0.1) is 0 Å². The molecular weight excluding hydrogens is 156 g/mol. The molecule has 0 spiro atoms. The molecule has 0 amide bonds. The molecule has 0 aliphatic rings. The summed E-state index contributed by atoms with van der Waals surface area (Å²) in [6.07, 6.45) is 2.32. The van der Waals surface area contributed by atoms with Gasteiger partial charge in [0, 0.05) is 14.2 Å². The van der Waals surface area contributed by atoms with E-state index in [1.54, 1.807) is 14.2 Å². The predicted molar refractivity (Wildman–Crippen MR) is 50.0 cm³/mol. The van der Waals surface area contributed by atoms with Crippen LogP contribution in [0.4, 0.5) is 0 Å². The maximum absolute atomic E-state index is 5.48. The highest BCUT2D eigenvalue weighted by Gasteiger charge is 2.32. The van der Waals surface area contributed by atoms with E-state index in [-0.39, 0.29) is 0 Å². The van der Waals surface area contributed by atoms with Crippen LogP contribution in [-0.2, 0) is 8.85 Å². The molecule has 0 fully saturated rings. The molecule has 2 nitrogen and oxygen atoms in total. The van der Waals surface area contributed by atoms with Gasteiger partial charge < -0.3 is 8.85 Å². The average molecular weight is 176 g/mol. The van der Waals surface area contributed by atoms with Gasteiger partial charge in [0.05, 0.1) is 0 Å². The van der Waals surface area contributed by atoms with E-state index < -0.39 is 8.56 Å². The fraction of sp³-hybridized carbons (Fsp3) is 1.00. The zero-order chi connectivity index (χ0) is 8.74. The van der Waals surface area contributed by atoms with Crippen molar-refractivity contribution in [3.8, 4) is 0 Å². The van der Waals surface area contributed by atoms with E-state index in [1.807, 2.05) is 0 Å². The Morgan fingerprint density at radius 3 is 1.45 bits per heavy atom. The van der Waals surface area contributed by atoms with Crippen LogP contribution < -0.4 is 0 Å². The molecule has 3 heteroatoms. The largest absolute Gasteiger partial charge is 0.398 e. The fourth-order valence-corrected chi connectivity index (χ4v) is 4.14. The zero-order valence-electron chi connectivity index (χ0n) is 8.14. The molecule has 0 rings (SSSR count). The lowest BCUT2D eigenvalue weighted by atomic mass is 10.6. The van der Waals surface area contributed by atoms with Crippen molar-refractivity contribution in [2.75, 3.05) is 14.2 Å². The van der Waals surface area contributed by atoms with Gasteiger partial charge in [-0.1, -0.05) is 26.7 Å². The van der Waals surface area contributed by atoms with Crippen molar-refractivity contribution in [3.05, 3.63) is 0 Å². The van der Waals surface area contributed by atoms with Crippen LogP contribution >= 0.6 is 0 Å². The lowest BCUT2D eigenvalue weighted by Gasteiger charge is -2.26. The lowest BCUT2D eigenvalue weighted by molar-refractivity contribution is 0.240. The fourth-order valence-electron chi connectivity index (χ4n) is 1.38. The molecule has 0 saturated carbocycles. The van der Waals surface area contributed by atoms with Crippen molar-refractivity contribution < 1.29 is 8.85 Å². The van der Waals surface area contributed by atoms with Crippen LogP contribution in [0.5, 0.6) is 0 Å². The van der Waals surface area contributed by atoms with E-state index in [1.165, 1.54) is 0 Å². The number of hydrogen-bond acceptors (Lipinski definition) is 2. The van der Waals surface area contributed by atoms with Gasteiger partial charge >= 0.3 is 8.56 Å². The summed E-state index contributed by atoms with van der Waals surface area (Å²) in [7, 11) is 1.81. The first-order valence-electron chi connectivity index (χ1n) is 4.35. The normalized spacial score (nSPS) is 12.0. The van der Waals surface area contributed by atoms with Gasteiger partial charge in [-0.3, -0.25) is 0 Å². The van der Waals surface area contributed by atoms with E-state index in [0.29, 0.717) is 0 Å². The predicted octanol–water partition coefficient (Wildman–Crippen LogP) is 2.54. The van der Waals surface area contributed by atoms with E-state index in [4.69, 9.17) is 8.85 Å². The summed E-state index contributed by atoms with van der Waals surface area (Å²) in [6, 6.07) is 2.24. The lowest BCUT2D eigenvalue weighted by Crippen LogP contribution is -2.39. The molecule has 0 atom stereocenters. The van der Waals surface area contributed by atoms with E-state index in [0.717, 1.165) is 24.9 Å². The van der Waals surface area contributed by atoms with Gasteiger partial charge in [0.2, 0.25) is 0 Å². The number of hydrogen-bond donors (Lipinski definition) is 0. The topological polar surface area (TPSA) is 18.5 Å². The smallest absolute Gasteiger partial charge is 0.337 e. The van der Waals surface area contributed by atoms with Crippen LogP contribution in [0.2, 0.25) is 12.1 Å². The molecule has 0 N–H and O–H groups in total. The maximum atomic E-state index is 5.48. The van der Waals surface area contributed by atoms with Gasteiger partial charge in [0.15, 0.2) is 0 Å². The molecule has 68 valence electrons. The minimum Gasteiger partial charge on any atom is -0.398 e. The van der Waals surface area contributed by atoms with Crippen molar-refractivity contribution in [2.24, 2.45) is 0 Å². The summed E-state index contributed by atoms with van der Waals surface area (Å²) in [5, 5.41) is 0. The molecule has 0 saturated heterocycles. The third-order valence-electron chi connectivity index (χ3n) is 2.01. The minimum atomic E-state index is -1.74. The molecule has 0 unspecified atom stereocenters. The highest BCUT2D eigenvalue weighted by Crippen LogP contribution is 2.20. The Labute approximate surface area is 71.1 Å². The summed E-state index contributed by atoms with van der Waals surface area (Å²) in [5.41, 5.74) is 0. The molecule has 0 aromatic rings.